The van der Waals surface area contributed by atoms with Crippen molar-refractivity contribution < 1.29 is 14.3 Å². The van der Waals surface area contributed by atoms with E-state index in [1.165, 1.54) is 0 Å². The molecule has 17 heavy (non-hydrogen) atoms. The number of benzene rings is 1. The van der Waals surface area contributed by atoms with Gasteiger partial charge in [0.05, 0.1) is 13.0 Å². The second-order valence-corrected chi connectivity index (χ2v) is 3.35. The lowest BCUT2D eigenvalue weighted by Gasteiger charge is -2.10. The molecular formula is C12H16N2O3. The molecule has 0 fully saturated rings. The summed E-state index contributed by atoms with van der Waals surface area (Å²) in [6, 6.07) is 7.12. The van der Waals surface area contributed by atoms with Gasteiger partial charge in [-0.25, -0.2) is 4.79 Å². The van der Waals surface area contributed by atoms with Crippen LogP contribution in [0.1, 0.15) is 12.5 Å². The van der Waals surface area contributed by atoms with Crippen LogP contribution in [0, 0.1) is 0 Å². The maximum Gasteiger partial charge on any atom is 0.411 e. The van der Waals surface area contributed by atoms with E-state index < -0.39 is 6.09 Å². The van der Waals surface area contributed by atoms with Crippen LogP contribution in [-0.2, 0) is 16.0 Å². The molecule has 0 saturated carbocycles. The summed E-state index contributed by atoms with van der Waals surface area (Å²) in [5, 5.41) is 5.14. The molecule has 0 heterocycles. The van der Waals surface area contributed by atoms with Gasteiger partial charge in [0.15, 0.2) is 0 Å². The van der Waals surface area contributed by atoms with Crippen molar-refractivity contribution in [3.05, 3.63) is 29.8 Å². The molecule has 0 unspecified atom stereocenters. The van der Waals surface area contributed by atoms with Gasteiger partial charge >= 0.3 is 6.09 Å². The summed E-state index contributed by atoms with van der Waals surface area (Å²) in [5.41, 5.74) is 1.34. The normalized spacial score (nSPS) is 9.53. The van der Waals surface area contributed by atoms with E-state index in [1.807, 2.05) is 6.07 Å². The number of rotatable bonds is 4. The molecule has 2 amide bonds. The monoisotopic (exact) mass is 236 g/mol. The zero-order chi connectivity index (χ0) is 12.7. The fourth-order valence-electron chi connectivity index (χ4n) is 1.33. The Morgan fingerprint density at radius 2 is 2.00 bits per heavy atom. The standard InChI is InChI=1S/C12H16N2O3/c1-3-17-12(16)14-10-7-5-4-6-9(10)8-11(15)13-2/h4-7H,3,8H2,1-2H3,(H,13,15)(H,14,16). The van der Waals surface area contributed by atoms with Gasteiger partial charge in [0, 0.05) is 12.7 Å². The molecule has 92 valence electrons. The van der Waals surface area contributed by atoms with E-state index in [9.17, 15) is 9.59 Å². The van der Waals surface area contributed by atoms with Gasteiger partial charge in [0.25, 0.3) is 0 Å². The third-order valence-electron chi connectivity index (χ3n) is 2.16. The Morgan fingerprint density at radius 3 is 2.65 bits per heavy atom. The first kappa shape index (κ1) is 13.0. The summed E-state index contributed by atoms with van der Waals surface area (Å²) in [7, 11) is 1.57. The van der Waals surface area contributed by atoms with Crippen LogP contribution in [0.5, 0.6) is 0 Å². The number of ether oxygens (including phenoxy) is 1. The average molecular weight is 236 g/mol. The van der Waals surface area contributed by atoms with Gasteiger partial charge < -0.3 is 10.1 Å². The minimum absolute atomic E-state index is 0.108. The maximum absolute atomic E-state index is 11.3. The van der Waals surface area contributed by atoms with Crippen molar-refractivity contribution in [2.75, 3.05) is 19.0 Å². The van der Waals surface area contributed by atoms with E-state index >= 15 is 0 Å². The molecule has 1 aromatic carbocycles. The third kappa shape index (κ3) is 4.14. The molecular weight excluding hydrogens is 220 g/mol. The molecule has 1 aromatic rings. The van der Waals surface area contributed by atoms with Crippen molar-refractivity contribution in [1.29, 1.82) is 0 Å². The number of likely N-dealkylation sites (N-methyl/N-ethyl adjacent to an activating group) is 1. The van der Waals surface area contributed by atoms with Gasteiger partial charge in [-0.3, -0.25) is 10.1 Å². The first-order chi connectivity index (χ1) is 8.17. The third-order valence-corrected chi connectivity index (χ3v) is 2.16. The van der Waals surface area contributed by atoms with E-state index in [4.69, 9.17) is 4.74 Å². The number of hydrogen-bond donors (Lipinski definition) is 2. The number of hydrogen-bond acceptors (Lipinski definition) is 3. The van der Waals surface area contributed by atoms with Gasteiger partial charge in [0.1, 0.15) is 0 Å². The lowest BCUT2D eigenvalue weighted by molar-refractivity contribution is -0.119. The first-order valence-corrected chi connectivity index (χ1v) is 5.39. The number of amides is 2. The Balaban J connectivity index is 2.77. The Hall–Kier alpha value is -2.04. The molecule has 1 rings (SSSR count). The van der Waals surface area contributed by atoms with E-state index in [1.54, 1.807) is 32.2 Å². The van der Waals surface area contributed by atoms with Crippen LogP contribution < -0.4 is 10.6 Å². The zero-order valence-electron chi connectivity index (χ0n) is 9.95. The summed E-state index contributed by atoms with van der Waals surface area (Å²) >= 11 is 0. The van der Waals surface area contributed by atoms with Crippen molar-refractivity contribution in [2.24, 2.45) is 0 Å². The van der Waals surface area contributed by atoms with Gasteiger partial charge in [-0.2, -0.15) is 0 Å². The molecule has 0 bridgehead atoms. The summed E-state index contributed by atoms with van der Waals surface area (Å²) in [5.74, 6) is -0.108. The molecule has 0 saturated heterocycles. The fraction of sp³-hybridized carbons (Fsp3) is 0.333. The summed E-state index contributed by atoms with van der Waals surface area (Å²) < 4.78 is 4.78. The Morgan fingerprint density at radius 1 is 1.29 bits per heavy atom. The topological polar surface area (TPSA) is 67.4 Å². The van der Waals surface area contributed by atoms with Crippen LogP contribution in [-0.4, -0.2) is 25.7 Å². The number of carbonyl (C=O) groups excluding carboxylic acids is 2. The number of para-hydroxylation sites is 1. The number of nitrogens with one attached hydrogen (secondary N) is 2. The minimum atomic E-state index is -0.517. The SMILES string of the molecule is CCOC(=O)Nc1ccccc1CC(=O)NC. The van der Waals surface area contributed by atoms with Crippen molar-refractivity contribution in [3.8, 4) is 0 Å². The zero-order valence-corrected chi connectivity index (χ0v) is 9.95. The Bertz CT molecular complexity index is 404. The minimum Gasteiger partial charge on any atom is -0.450 e. The highest BCUT2D eigenvalue weighted by atomic mass is 16.5. The molecule has 0 radical (unpaired) electrons. The molecule has 5 heteroatoms. The van der Waals surface area contributed by atoms with Crippen LogP contribution in [0.25, 0.3) is 0 Å². The smallest absolute Gasteiger partial charge is 0.411 e. The highest BCUT2D eigenvalue weighted by Crippen LogP contribution is 2.15. The second-order valence-electron chi connectivity index (χ2n) is 3.35. The molecule has 0 aliphatic carbocycles. The summed E-state index contributed by atoms with van der Waals surface area (Å²) in [6.07, 6.45) is -0.295. The van der Waals surface area contributed by atoms with Gasteiger partial charge in [0.2, 0.25) is 5.91 Å². The van der Waals surface area contributed by atoms with Crippen molar-refractivity contribution in [3.63, 3.8) is 0 Å². The van der Waals surface area contributed by atoms with Crippen molar-refractivity contribution >= 4 is 17.7 Å². The molecule has 0 atom stereocenters. The van der Waals surface area contributed by atoms with Crippen LogP contribution >= 0.6 is 0 Å². The number of carbonyl (C=O) groups is 2. The predicted molar refractivity (Wildman–Crippen MR) is 64.9 cm³/mol. The lowest BCUT2D eigenvalue weighted by Crippen LogP contribution is -2.21. The number of anilines is 1. The van der Waals surface area contributed by atoms with Crippen molar-refractivity contribution in [1.82, 2.24) is 5.32 Å². The average Bonchev–Trinajstić information content (AvgIpc) is 2.31. The quantitative estimate of drug-likeness (QED) is 0.833. The highest BCUT2D eigenvalue weighted by Gasteiger charge is 2.09. The maximum atomic E-state index is 11.3. The van der Waals surface area contributed by atoms with Gasteiger partial charge in [-0.15, -0.1) is 0 Å². The highest BCUT2D eigenvalue weighted by molar-refractivity contribution is 5.88. The van der Waals surface area contributed by atoms with Crippen LogP contribution in [0.2, 0.25) is 0 Å². The van der Waals surface area contributed by atoms with E-state index in [2.05, 4.69) is 10.6 Å². The molecule has 0 aliphatic rings. The van der Waals surface area contributed by atoms with Gasteiger partial charge in [-0.05, 0) is 18.6 Å². The molecule has 2 N–H and O–H groups in total. The molecule has 0 aromatic heterocycles. The first-order valence-electron chi connectivity index (χ1n) is 5.39. The molecule has 5 nitrogen and oxygen atoms in total. The Kier molecular flexibility index (Phi) is 5.00. The fourth-order valence-corrected chi connectivity index (χ4v) is 1.33. The van der Waals surface area contributed by atoms with Crippen LogP contribution in [0.3, 0.4) is 0 Å². The summed E-state index contributed by atoms with van der Waals surface area (Å²) in [6.45, 7) is 2.04. The van der Waals surface area contributed by atoms with Crippen LogP contribution in [0.15, 0.2) is 24.3 Å². The predicted octanol–water partition coefficient (Wildman–Crippen LogP) is 1.54. The lowest BCUT2D eigenvalue weighted by atomic mass is 10.1. The van der Waals surface area contributed by atoms with Crippen molar-refractivity contribution in [2.45, 2.75) is 13.3 Å². The van der Waals surface area contributed by atoms with E-state index in [-0.39, 0.29) is 12.3 Å². The second kappa shape index (κ2) is 6.52. The van der Waals surface area contributed by atoms with E-state index in [0.717, 1.165) is 5.56 Å². The largest absolute Gasteiger partial charge is 0.450 e. The Labute approximate surface area is 100 Å². The van der Waals surface area contributed by atoms with Crippen LogP contribution in [0.4, 0.5) is 10.5 Å². The summed E-state index contributed by atoms with van der Waals surface area (Å²) in [4.78, 5) is 22.6. The molecule has 0 spiro atoms. The van der Waals surface area contributed by atoms with E-state index in [0.29, 0.717) is 12.3 Å². The molecule has 0 aliphatic heterocycles. The van der Waals surface area contributed by atoms with Gasteiger partial charge in [-0.1, -0.05) is 18.2 Å².